The van der Waals surface area contributed by atoms with E-state index in [1.807, 2.05) is 7.05 Å². The van der Waals surface area contributed by atoms with Gasteiger partial charge in [0.2, 0.25) is 0 Å². The third kappa shape index (κ3) is 3.07. The van der Waals surface area contributed by atoms with Gasteiger partial charge in [-0.1, -0.05) is 56.3 Å². The normalized spacial score (nSPS) is 11.9. The van der Waals surface area contributed by atoms with E-state index in [0.29, 0.717) is 5.41 Å². The SMILES string of the molecule is CNCC(C)(C)Cc1ccc2ccccc2c1. The lowest BCUT2D eigenvalue weighted by molar-refractivity contribution is 0.350. The van der Waals surface area contributed by atoms with Crippen LogP contribution in [0.15, 0.2) is 42.5 Å². The van der Waals surface area contributed by atoms with E-state index in [2.05, 4.69) is 61.6 Å². The van der Waals surface area contributed by atoms with E-state index in [-0.39, 0.29) is 0 Å². The minimum Gasteiger partial charge on any atom is -0.319 e. The molecule has 0 fully saturated rings. The second kappa shape index (κ2) is 4.89. The Morgan fingerprint density at radius 2 is 1.71 bits per heavy atom. The highest BCUT2D eigenvalue weighted by atomic mass is 14.8. The standard InChI is InChI=1S/C16H21N/c1-16(2,12-17-3)11-13-8-9-14-6-4-5-7-15(14)10-13/h4-10,17H,11-12H2,1-3H3. The molecule has 0 atom stereocenters. The topological polar surface area (TPSA) is 12.0 Å². The van der Waals surface area contributed by atoms with Crippen molar-refractivity contribution in [3.8, 4) is 0 Å². The van der Waals surface area contributed by atoms with E-state index in [1.165, 1.54) is 16.3 Å². The average molecular weight is 227 g/mol. The molecule has 0 saturated heterocycles. The van der Waals surface area contributed by atoms with Crippen LogP contribution in [0.1, 0.15) is 19.4 Å². The van der Waals surface area contributed by atoms with Gasteiger partial charge in [-0.3, -0.25) is 0 Å². The molecule has 1 heteroatoms. The van der Waals surface area contributed by atoms with Gasteiger partial charge in [0.1, 0.15) is 0 Å². The van der Waals surface area contributed by atoms with E-state index >= 15 is 0 Å². The Bertz CT molecular complexity index is 500. The highest BCUT2D eigenvalue weighted by Gasteiger charge is 2.17. The van der Waals surface area contributed by atoms with Gasteiger partial charge in [-0.25, -0.2) is 0 Å². The molecule has 90 valence electrons. The van der Waals surface area contributed by atoms with Gasteiger partial charge in [0, 0.05) is 6.54 Å². The molecule has 0 aromatic heterocycles. The highest BCUT2D eigenvalue weighted by molar-refractivity contribution is 5.82. The van der Waals surface area contributed by atoms with Crippen molar-refractivity contribution in [1.82, 2.24) is 5.32 Å². The van der Waals surface area contributed by atoms with Crippen LogP contribution in [0.3, 0.4) is 0 Å². The molecule has 0 unspecified atom stereocenters. The van der Waals surface area contributed by atoms with Gasteiger partial charge in [0.05, 0.1) is 0 Å². The van der Waals surface area contributed by atoms with Crippen molar-refractivity contribution < 1.29 is 0 Å². The molecule has 1 nitrogen and oxygen atoms in total. The summed E-state index contributed by atoms with van der Waals surface area (Å²) in [5, 5.41) is 5.93. The lowest BCUT2D eigenvalue weighted by atomic mass is 9.85. The van der Waals surface area contributed by atoms with Crippen LogP contribution in [-0.4, -0.2) is 13.6 Å². The number of hydrogen-bond acceptors (Lipinski definition) is 1. The highest BCUT2D eigenvalue weighted by Crippen LogP contribution is 2.23. The monoisotopic (exact) mass is 227 g/mol. The Hall–Kier alpha value is -1.34. The van der Waals surface area contributed by atoms with Gasteiger partial charge in [-0.2, -0.15) is 0 Å². The Labute approximate surface area is 104 Å². The fourth-order valence-corrected chi connectivity index (χ4v) is 2.44. The molecule has 0 heterocycles. The predicted molar refractivity (Wildman–Crippen MR) is 75.4 cm³/mol. The molecule has 17 heavy (non-hydrogen) atoms. The van der Waals surface area contributed by atoms with Crippen molar-refractivity contribution in [1.29, 1.82) is 0 Å². The number of benzene rings is 2. The molecule has 0 saturated carbocycles. The van der Waals surface area contributed by atoms with Crippen LogP contribution in [0.5, 0.6) is 0 Å². The summed E-state index contributed by atoms with van der Waals surface area (Å²) in [7, 11) is 2.02. The van der Waals surface area contributed by atoms with Crippen molar-refractivity contribution >= 4 is 10.8 Å². The first-order valence-corrected chi connectivity index (χ1v) is 6.23. The van der Waals surface area contributed by atoms with Crippen molar-refractivity contribution in [2.75, 3.05) is 13.6 Å². The maximum Gasteiger partial charge on any atom is 0.000270 e. The Kier molecular flexibility index (Phi) is 3.49. The summed E-state index contributed by atoms with van der Waals surface area (Å²) in [6.45, 7) is 5.65. The molecule has 1 N–H and O–H groups in total. The fourth-order valence-electron chi connectivity index (χ4n) is 2.44. The first-order chi connectivity index (χ1) is 8.11. The molecule has 2 rings (SSSR count). The van der Waals surface area contributed by atoms with Crippen LogP contribution in [0.4, 0.5) is 0 Å². The summed E-state index contributed by atoms with van der Waals surface area (Å²) in [5.74, 6) is 0. The van der Waals surface area contributed by atoms with Gasteiger partial charge in [0.25, 0.3) is 0 Å². The van der Waals surface area contributed by atoms with Gasteiger partial charge >= 0.3 is 0 Å². The average Bonchev–Trinajstić information content (AvgIpc) is 2.28. The van der Waals surface area contributed by atoms with Crippen molar-refractivity contribution in [3.05, 3.63) is 48.0 Å². The third-order valence-electron chi connectivity index (χ3n) is 3.15. The smallest absolute Gasteiger partial charge is 0.000270 e. The molecule has 0 radical (unpaired) electrons. The van der Waals surface area contributed by atoms with Gasteiger partial charge < -0.3 is 5.32 Å². The molecule has 0 aliphatic carbocycles. The maximum absolute atomic E-state index is 3.27. The molecule has 0 spiro atoms. The summed E-state index contributed by atoms with van der Waals surface area (Å²) in [4.78, 5) is 0. The molecular weight excluding hydrogens is 206 g/mol. The molecule has 2 aromatic rings. The Morgan fingerprint density at radius 1 is 1.00 bits per heavy atom. The van der Waals surface area contributed by atoms with Crippen LogP contribution in [0.2, 0.25) is 0 Å². The zero-order valence-corrected chi connectivity index (χ0v) is 11.0. The van der Waals surface area contributed by atoms with E-state index in [4.69, 9.17) is 0 Å². The molecule has 0 aliphatic heterocycles. The van der Waals surface area contributed by atoms with Crippen LogP contribution >= 0.6 is 0 Å². The van der Waals surface area contributed by atoms with E-state index < -0.39 is 0 Å². The second-order valence-electron chi connectivity index (χ2n) is 5.55. The van der Waals surface area contributed by atoms with E-state index in [9.17, 15) is 0 Å². The Balaban J connectivity index is 2.25. The predicted octanol–water partition coefficient (Wildman–Crippen LogP) is 3.63. The van der Waals surface area contributed by atoms with E-state index in [0.717, 1.165) is 13.0 Å². The minimum atomic E-state index is 0.303. The first-order valence-electron chi connectivity index (χ1n) is 6.23. The fraction of sp³-hybridized carbons (Fsp3) is 0.375. The molecular formula is C16H21N. The lowest BCUT2D eigenvalue weighted by Crippen LogP contribution is -2.28. The largest absolute Gasteiger partial charge is 0.319 e. The van der Waals surface area contributed by atoms with Gasteiger partial charge in [0.15, 0.2) is 0 Å². The molecule has 0 amide bonds. The van der Waals surface area contributed by atoms with Crippen LogP contribution in [-0.2, 0) is 6.42 Å². The Morgan fingerprint density at radius 3 is 2.41 bits per heavy atom. The number of nitrogens with one attached hydrogen (secondary N) is 1. The second-order valence-corrected chi connectivity index (χ2v) is 5.55. The van der Waals surface area contributed by atoms with Gasteiger partial charge in [-0.05, 0) is 35.2 Å². The molecule has 0 bridgehead atoms. The summed E-state index contributed by atoms with van der Waals surface area (Å²) < 4.78 is 0. The molecule has 2 aromatic carbocycles. The zero-order valence-electron chi connectivity index (χ0n) is 11.0. The zero-order chi connectivity index (χ0) is 12.3. The first kappa shape index (κ1) is 12.1. The van der Waals surface area contributed by atoms with Crippen molar-refractivity contribution in [3.63, 3.8) is 0 Å². The summed E-state index contributed by atoms with van der Waals surface area (Å²) in [6.07, 6.45) is 1.11. The number of hydrogen-bond donors (Lipinski definition) is 1. The van der Waals surface area contributed by atoms with Crippen LogP contribution < -0.4 is 5.32 Å². The molecule has 0 aliphatic rings. The minimum absolute atomic E-state index is 0.303. The van der Waals surface area contributed by atoms with Gasteiger partial charge in [-0.15, -0.1) is 0 Å². The summed E-state index contributed by atoms with van der Waals surface area (Å²) in [6, 6.07) is 15.3. The maximum atomic E-state index is 3.27. The number of rotatable bonds is 4. The lowest BCUT2D eigenvalue weighted by Gasteiger charge is -2.24. The van der Waals surface area contributed by atoms with Crippen LogP contribution in [0, 0.1) is 5.41 Å². The van der Waals surface area contributed by atoms with Crippen molar-refractivity contribution in [2.45, 2.75) is 20.3 Å². The van der Waals surface area contributed by atoms with Crippen LogP contribution in [0.25, 0.3) is 10.8 Å². The summed E-state index contributed by atoms with van der Waals surface area (Å²) >= 11 is 0. The quantitative estimate of drug-likeness (QED) is 0.841. The summed E-state index contributed by atoms with van der Waals surface area (Å²) in [5.41, 5.74) is 1.72. The number of fused-ring (bicyclic) bond motifs is 1. The van der Waals surface area contributed by atoms with E-state index in [1.54, 1.807) is 0 Å². The van der Waals surface area contributed by atoms with Crippen molar-refractivity contribution in [2.24, 2.45) is 5.41 Å². The third-order valence-corrected chi connectivity index (χ3v) is 3.15.